The molecule has 2 N–H and O–H groups in total. The minimum absolute atomic E-state index is 0.0910. The van der Waals surface area contributed by atoms with Gasteiger partial charge in [0.2, 0.25) is 11.7 Å². The summed E-state index contributed by atoms with van der Waals surface area (Å²) in [4.78, 5) is 35.1. The Morgan fingerprint density at radius 2 is 1.66 bits per heavy atom. The first-order valence-corrected chi connectivity index (χ1v) is 9.15. The maximum Gasteiger partial charge on any atom is 0.282 e. The van der Waals surface area contributed by atoms with E-state index in [4.69, 9.17) is 14.2 Å². The van der Waals surface area contributed by atoms with Crippen LogP contribution in [0.2, 0.25) is 0 Å². The maximum atomic E-state index is 12.3. The number of nitrogens with one attached hydrogen (secondary N) is 2. The van der Waals surface area contributed by atoms with Crippen LogP contribution >= 0.6 is 11.8 Å². The third-order valence-electron chi connectivity index (χ3n) is 3.66. The van der Waals surface area contributed by atoms with Gasteiger partial charge in [0.15, 0.2) is 11.5 Å². The van der Waals surface area contributed by atoms with E-state index < -0.39 is 16.7 Å². The predicted octanol–water partition coefficient (Wildman–Crippen LogP) is 2.17. The van der Waals surface area contributed by atoms with Gasteiger partial charge in [-0.3, -0.25) is 30.6 Å². The molecule has 0 spiro atoms. The minimum Gasteiger partial charge on any atom is -0.493 e. The highest BCUT2D eigenvalue weighted by Gasteiger charge is 2.18. The normalized spacial score (nSPS) is 10.0. The number of hydrazine groups is 1. The second-order valence-electron chi connectivity index (χ2n) is 5.43. The van der Waals surface area contributed by atoms with E-state index in [1.807, 2.05) is 0 Å². The Labute approximate surface area is 170 Å². The average molecular weight is 421 g/mol. The Hall–Kier alpha value is -3.47. The Kier molecular flexibility index (Phi) is 7.66. The van der Waals surface area contributed by atoms with Crippen LogP contribution in [0.1, 0.15) is 10.4 Å². The highest BCUT2D eigenvalue weighted by molar-refractivity contribution is 8.00. The van der Waals surface area contributed by atoms with Gasteiger partial charge in [-0.1, -0.05) is 12.1 Å². The van der Waals surface area contributed by atoms with Crippen LogP contribution in [0.4, 0.5) is 5.69 Å². The van der Waals surface area contributed by atoms with Crippen LogP contribution < -0.4 is 25.1 Å². The van der Waals surface area contributed by atoms with Gasteiger partial charge >= 0.3 is 0 Å². The average Bonchev–Trinajstić information content (AvgIpc) is 2.74. The first-order valence-electron chi connectivity index (χ1n) is 8.16. The lowest BCUT2D eigenvalue weighted by Crippen LogP contribution is -2.42. The number of benzene rings is 2. The highest BCUT2D eigenvalue weighted by atomic mass is 32.2. The number of carbonyl (C=O) groups is 2. The summed E-state index contributed by atoms with van der Waals surface area (Å²) in [6.07, 6.45) is 0. The van der Waals surface area contributed by atoms with E-state index in [9.17, 15) is 19.7 Å². The van der Waals surface area contributed by atoms with Crippen LogP contribution in [0, 0.1) is 10.1 Å². The molecule has 0 aliphatic heterocycles. The lowest BCUT2D eigenvalue weighted by atomic mass is 10.1. The van der Waals surface area contributed by atoms with E-state index in [1.165, 1.54) is 39.5 Å². The number of nitro groups is 1. The van der Waals surface area contributed by atoms with Gasteiger partial charge in [-0.25, -0.2) is 0 Å². The number of para-hydroxylation sites is 1. The lowest BCUT2D eigenvalue weighted by molar-refractivity contribution is -0.387. The van der Waals surface area contributed by atoms with E-state index in [1.54, 1.807) is 18.2 Å². The van der Waals surface area contributed by atoms with E-state index >= 15 is 0 Å². The third-order valence-corrected chi connectivity index (χ3v) is 4.73. The zero-order valence-corrected chi connectivity index (χ0v) is 16.7. The first kappa shape index (κ1) is 21.8. The summed E-state index contributed by atoms with van der Waals surface area (Å²) in [6.45, 7) is 0. The Balaban J connectivity index is 1.99. The van der Waals surface area contributed by atoms with Crippen molar-refractivity contribution < 1.29 is 28.7 Å². The van der Waals surface area contributed by atoms with Crippen LogP contribution in [0.25, 0.3) is 0 Å². The largest absolute Gasteiger partial charge is 0.493 e. The summed E-state index contributed by atoms with van der Waals surface area (Å²) in [5.74, 6) is -0.357. The van der Waals surface area contributed by atoms with Gasteiger partial charge in [-0.2, -0.15) is 0 Å². The number of nitro benzene ring substituents is 1. The molecule has 0 atom stereocenters. The number of methoxy groups -OCH3 is 3. The molecule has 0 aromatic heterocycles. The Morgan fingerprint density at radius 3 is 2.21 bits per heavy atom. The molecule has 0 heterocycles. The van der Waals surface area contributed by atoms with Gasteiger partial charge in [-0.15, -0.1) is 11.8 Å². The molecule has 154 valence electrons. The molecule has 0 aliphatic rings. The van der Waals surface area contributed by atoms with Crippen molar-refractivity contribution in [2.75, 3.05) is 27.1 Å². The van der Waals surface area contributed by atoms with Gasteiger partial charge in [0.25, 0.3) is 11.6 Å². The zero-order chi connectivity index (χ0) is 21.4. The monoisotopic (exact) mass is 421 g/mol. The summed E-state index contributed by atoms with van der Waals surface area (Å²) >= 11 is 0.986. The van der Waals surface area contributed by atoms with Crippen molar-refractivity contribution in [2.24, 2.45) is 0 Å². The standard InChI is InChI=1S/C18H19N3O7S/c1-26-13-8-11(9-14(27-2)17(13)28-3)18(23)20-19-16(22)10-29-15-7-5-4-6-12(15)21(24)25/h4-9H,10H2,1-3H3,(H,19,22)(H,20,23). The molecule has 29 heavy (non-hydrogen) atoms. The smallest absolute Gasteiger partial charge is 0.282 e. The van der Waals surface area contributed by atoms with Gasteiger partial charge in [0.1, 0.15) is 0 Å². The summed E-state index contributed by atoms with van der Waals surface area (Å²) in [5, 5.41) is 11.0. The molecule has 0 radical (unpaired) electrons. The highest BCUT2D eigenvalue weighted by Crippen LogP contribution is 2.38. The molecule has 0 saturated carbocycles. The van der Waals surface area contributed by atoms with Crippen LogP contribution in [0.3, 0.4) is 0 Å². The molecular weight excluding hydrogens is 402 g/mol. The van der Waals surface area contributed by atoms with Gasteiger partial charge in [0.05, 0.1) is 36.9 Å². The van der Waals surface area contributed by atoms with E-state index in [2.05, 4.69) is 10.9 Å². The fourth-order valence-corrected chi connectivity index (χ4v) is 3.14. The van der Waals surface area contributed by atoms with Crippen molar-refractivity contribution in [3.8, 4) is 17.2 Å². The Morgan fingerprint density at radius 1 is 1.03 bits per heavy atom. The van der Waals surface area contributed by atoms with Crippen molar-refractivity contribution in [2.45, 2.75) is 4.90 Å². The van der Waals surface area contributed by atoms with Crippen molar-refractivity contribution in [1.29, 1.82) is 0 Å². The fourth-order valence-electron chi connectivity index (χ4n) is 2.32. The van der Waals surface area contributed by atoms with Crippen molar-refractivity contribution in [3.05, 3.63) is 52.1 Å². The number of rotatable bonds is 8. The molecular formula is C18H19N3O7S. The van der Waals surface area contributed by atoms with E-state index in [0.717, 1.165) is 11.8 Å². The molecule has 0 saturated heterocycles. The number of amides is 2. The topological polar surface area (TPSA) is 129 Å². The van der Waals surface area contributed by atoms with Gasteiger partial charge in [-0.05, 0) is 18.2 Å². The molecule has 2 amide bonds. The van der Waals surface area contributed by atoms with Crippen molar-refractivity contribution in [3.63, 3.8) is 0 Å². The number of ether oxygens (including phenoxy) is 3. The number of nitrogens with zero attached hydrogens (tertiary/aromatic N) is 1. The maximum absolute atomic E-state index is 12.3. The number of carbonyl (C=O) groups excluding carboxylic acids is 2. The molecule has 11 heteroatoms. The SMILES string of the molecule is COc1cc(C(=O)NNC(=O)CSc2ccccc2[N+](=O)[O-])cc(OC)c1OC. The van der Waals surface area contributed by atoms with Gasteiger partial charge < -0.3 is 14.2 Å². The van der Waals surface area contributed by atoms with E-state index in [0.29, 0.717) is 10.6 Å². The first-order chi connectivity index (χ1) is 13.9. The zero-order valence-electron chi connectivity index (χ0n) is 15.9. The van der Waals surface area contributed by atoms with Crippen molar-refractivity contribution >= 4 is 29.3 Å². The third kappa shape index (κ3) is 5.51. The molecule has 2 aromatic carbocycles. The molecule has 10 nitrogen and oxygen atoms in total. The van der Waals surface area contributed by atoms with Crippen LogP contribution in [-0.4, -0.2) is 43.8 Å². The molecule has 0 bridgehead atoms. The van der Waals surface area contributed by atoms with Crippen LogP contribution in [0.15, 0.2) is 41.3 Å². The lowest BCUT2D eigenvalue weighted by Gasteiger charge is -2.14. The second kappa shape index (κ2) is 10.2. The van der Waals surface area contributed by atoms with Gasteiger partial charge in [0, 0.05) is 11.6 Å². The molecule has 0 aliphatic carbocycles. The van der Waals surface area contributed by atoms with Crippen molar-refractivity contribution in [1.82, 2.24) is 10.9 Å². The minimum atomic E-state index is -0.603. The summed E-state index contributed by atoms with van der Waals surface area (Å²) in [7, 11) is 4.27. The van der Waals surface area contributed by atoms with Crippen LogP contribution in [-0.2, 0) is 4.79 Å². The number of hydrogen-bond donors (Lipinski definition) is 2. The summed E-state index contributed by atoms with van der Waals surface area (Å²) in [5.41, 5.74) is 4.62. The van der Waals surface area contributed by atoms with Crippen LogP contribution in [0.5, 0.6) is 17.2 Å². The molecule has 0 unspecified atom stereocenters. The quantitative estimate of drug-likeness (QED) is 0.377. The molecule has 2 rings (SSSR count). The predicted molar refractivity (Wildman–Crippen MR) is 106 cm³/mol. The molecule has 2 aromatic rings. The summed E-state index contributed by atoms with van der Waals surface area (Å²) < 4.78 is 15.6. The second-order valence-corrected chi connectivity index (χ2v) is 6.45. The summed E-state index contributed by atoms with van der Waals surface area (Å²) in [6, 6.07) is 8.95. The van der Waals surface area contributed by atoms with E-state index in [-0.39, 0.29) is 28.5 Å². The fraction of sp³-hybridized carbons (Fsp3) is 0.222. The molecule has 0 fully saturated rings. The number of hydrogen-bond acceptors (Lipinski definition) is 8. The Bertz CT molecular complexity index is 895. The number of thioether (sulfide) groups is 1.